The van der Waals surface area contributed by atoms with Gasteiger partial charge in [-0.15, -0.1) is 0 Å². The number of phenolic OH excluding ortho intramolecular Hbond substituents is 1. The molecule has 0 amide bonds. The van der Waals surface area contributed by atoms with Gasteiger partial charge in [-0.2, -0.15) is 0 Å². The van der Waals surface area contributed by atoms with Crippen molar-refractivity contribution in [1.29, 1.82) is 0 Å². The maximum atomic E-state index is 10.8. The molecule has 0 aromatic heterocycles. The second-order valence-electron chi connectivity index (χ2n) is 2.29. The van der Waals surface area contributed by atoms with Crippen LogP contribution in [0.2, 0.25) is 0 Å². The summed E-state index contributed by atoms with van der Waals surface area (Å²) in [5.41, 5.74) is 5.93. The van der Waals surface area contributed by atoms with Crippen molar-refractivity contribution in [2.24, 2.45) is 0 Å². The van der Waals surface area contributed by atoms with Crippen molar-refractivity contribution in [3.05, 3.63) is 23.8 Å². The number of nitrogens with two attached hydrogens (primary N) is 1. The molecule has 0 bridgehead atoms. The zero-order valence-corrected chi connectivity index (χ0v) is 9.16. The maximum Gasteiger partial charge on any atom is 1.00 e. The van der Waals surface area contributed by atoms with E-state index in [0.29, 0.717) is 5.56 Å². The summed E-state index contributed by atoms with van der Waals surface area (Å²) in [7, 11) is 0. The van der Waals surface area contributed by atoms with E-state index in [9.17, 15) is 4.79 Å². The molecule has 0 aliphatic carbocycles. The number of carbonyl (C=O) groups is 1. The summed E-state index contributed by atoms with van der Waals surface area (Å²) in [5, 5.41) is 9.07. The topological polar surface area (TPSA) is 63.3 Å². The third kappa shape index (κ3) is 2.24. The minimum absolute atomic E-state index is 0. The first-order valence-electron chi connectivity index (χ1n) is 3.21. The quantitative estimate of drug-likeness (QED) is 0.231. The fourth-order valence-corrected chi connectivity index (χ4v) is 0.860. The van der Waals surface area contributed by atoms with E-state index >= 15 is 0 Å². The number of hydrogen-bond donors (Lipinski definition) is 2. The number of Topliss-reactive ketones (excluding diaryl/α,β-unsaturated/α-hetero) is 1. The molecule has 60 valence electrons. The van der Waals surface area contributed by atoms with Crippen LogP contribution in [-0.2, 0) is 0 Å². The Morgan fingerprint density at radius 2 is 2.17 bits per heavy atom. The number of benzene rings is 1. The van der Waals surface area contributed by atoms with Gasteiger partial charge in [0, 0.05) is 5.56 Å². The molecular formula is C8H10NNaO2. The Kier molecular flexibility index (Phi) is 4.31. The molecule has 0 aliphatic heterocycles. The summed E-state index contributed by atoms with van der Waals surface area (Å²) in [5.74, 6) is -0.184. The largest absolute Gasteiger partial charge is 1.00 e. The van der Waals surface area contributed by atoms with Crippen molar-refractivity contribution < 1.29 is 40.9 Å². The number of rotatable bonds is 1. The van der Waals surface area contributed by atoms with E-state index in [1.165, 1.54) is 13.0 Å². The molecule has 12 heavy (non-hydrogen) atoms. The van der Waals surface area contributed by atoms with Gasteiger partial charge in [0.1, 0.15) is 5.75 Å². The Morgan fingerprint density at radius 3 is 2.58 bits per heavy atom. The number of aromatic hydroxyl groups is 1. The van der Waals surface area contributed by atoms with E-state index in [4.69, 9.17) is 10.8 Å². The summed E-state index contributed by atoms with van der Waals surface area (Å²) in [6.45, 7) is 1.41. The fraction of sp³-hybridized carbons (Fsp3) is 0.125. The number of para-hydroxylation sites is 1. The van der Waals surface area contributed by atoms with E-state index in [2.05, 4.69) is 0 Å². The predicted octanol–water partition coefficient (Wildman–Crippen LogP) is -1.71. The maximum absolute atomic E-state index is 10.8. The van der Waals surface area contributed by atoms with E-state index in [1.807, 2.05) is 0 Å². The molecule has 0 fully saturated rings. The molecule has 0 unspecified atom stereocenters. The van der Waals surface area contributed by atoms with E-state index < -0.39 is 0 Å². The van der Waals surface area contributed by atoms with Crippen LogP contribution in [0.4, 0.5) is 5.69 Å². The van der Waals surface area contributed by atoms with Crippen LogP contribution >= 0.6 is 0 Å². The van der Waals surface area contributed by atoms with Gasteiger partial charge in [-0.25, -0.2) is 0 Å². The first-order valence-corrected chi connectivity index (χ1v) is 3.21. The number of carbonyl (C=O) groups excluding carboxylic acids is 1. The SMILES string of the molecule is CC(=O)c1cccc(O)c1N.[H-].[Na+]. The third-order valence-electron chi connectivity index (χ3n) is 1.46. The zero-order chi connectivity index (χ0) is 8.43. The summed E-state index contributed by atoms with van der Waals surface area (Å²) in [4.78, 5) is 10.8. The average Bonchev–Trinajstić information content (AvgIpc) is 1.94. The molecule has 0 atom stereocenters. The smallest absolute Gasteiger partial charge is 1.00 e. The van der Waals surface area contributed by atoms with Crippen LogP contribution in [-0.4, -0.2) is 10.9 Å². The Labute approximate surface area is 94.4 Å². The van der Waals surface area contributed by atoms with Crippen LogP contribution in [0.5, 0.6) is 5.75 Å². The van der Waals surface area contributed by atoms with Gasteiger partial charge in [-0.3, -0.25) is 4.79 Å². The number of ketones is 1. The second kappa shape index (κ2) is 4.50. The van der Waals surface area contributed by atoms with Crippen molar-refractivity contribution in [3.63, 3.8) is 0 Å². The number of hydrogen-bond acceptors (Lipinski definition) is 3. The van der Waals surface area contributed by atoms with Crippen molar-refractivity contribution in [1.82, 2.24) is 0 Å². The summed E-state index contributed by atoms with van der Waals surface area (Å²) in [6, 6.07) is 4.61. The number of phenols is 1. The molecule has 3 nitrogen and oxygen atoms in total. The third-order valence-corrected chi connectivity index (χ3v) is 1.46. The number of nitrogen functional groups attached to an aromatic ring is 1. The van der Waals surface area contributed by atoms with Crippen LogP contribution in [0.3, 0.4) is 0 Å². The summed E-state index contributed by atoms with van der Waals surface area (Å²) >= 11 is 0. The summed E-state index contributed by atoms with van der Waals surface area (Å²) < 4.78 is 0. The van der Waals surface area contributed by atoms with Crippen LogP contribution in [0.15, 0.2) is 18.2 Å². The van der Waals surface area contributed by atoms with Crippen molar-refractivity contribution in [2.75, 3.05) is 5.73 Å². The van der Waals surface area contributed by atoms with Crippen LogP contribution in [0, 0.1) is 0 Å². The molecule has 1 rings (SSSR count). The molecule has 3 N–H and O–H groups in total. The van der Waals surface area contributed by atoms with Gasteiger partial charge in [0.15, 0.2) is 5.78 Å². The molecule has 1 aromatic rings. The number of anilines is 1. The minimum Gasteiger partial charge on any atom is -1.00 e. The standard InChI is InChI=1S/C8H9NO2.Na.H/c1-5(10)6-3-2-4-7(11)8(6)9;;/h2-4,11H,9H2,1H3;;/q;+1;-1. The fourth-order valence-electron chi connectivity index (χ4n) is 0.860. The Balaban J connectivity index is 0. The van der Waals surface area contributed by atoms with Gasteiger partial charge in [0.05, 0.1) is 5.69 Å². The molecule has 0 heterocycles. The second-order valence-corrected chi connectivity index (χ2v) is 2.29. The molecule has 4 heteroatoms. The van der Waals surface area contributed by atoms with E-state index in [1.54, 1.807) is 12.1 Å². The minimum atomic E-state index is -0.140. The van der Waals surface area contributed by atoms with Crippen molar-refractivity contribution >= 4 is 11.5 Å². The van der Waals surface area contributed by atoms with Crippen LogP contribution < -0.4 is 35.3 Å². The van der Waals surface area contributed by atoms with Gasteiger partial charge < -0.3 is 12.3 Å². The average molecular weight is 175 g/mol. The first kappa shape index (κ1) is 11.5. The van der Waals surface area contributed by atoms with E-state index in [0.717, 1.165) is 0 Å². The van der Waals surface area contributed by atoms with Gasteiger partial charge in [0.25, 0.3) is 0 Å². The van der Waals surface area contributed by atoms with Gasteiger partial charge in [0.2, 0.25) is 0 Å². The normalized spacial score (nSPS) is 8.75. The Bertz CT molecular complexity index is 304. The molecule has 0 radical (unpaired) electrons. The monoisotopic (exact) mass is 175 g/mol. The molecule has 1 aromatic carbocycles. The molecule has 0 saturated carbocycles. The van der Waals surface area contributed by atoms with Crippen LogP contribution in [0.1, 0.15) is 18.7 Å². The Morgan fingerprint density at radius 1 is 1.58 bits per heavy atom. The van der Waals surface area contributed by atoms with Gasteiger partial charge in [-0.1, -0.05) is 6.07 Å². The van der Waals surface area contributed by atoms with Crippen molar-refractivity contribution in [2.45, 2.75) is 6.92 Å². The Hall–Kier alpha value is -0.510. The molecule has 0 saturated heterocycles. The molecule has 0 spiro atoms. The van der Waals surface area contributed by atoms with Crippen molar-refractivity contribution in [3.8, 4) is 5.75 Å². The van der Waals surface area contributed by atoms with E-state index in [-0.39, 0.29) is 48.2 Å². The van der Waals surface area contributed by atoms with Gasteiger partial charge >= 0.3 is 29.6 Å². The molecular weight excluding hydrogens is 165 g/mol. The predicted molar refractivity (Wildman–Crippen MR) is 43.6 cm³/mol. The zero-order valence-electron chi connectivity index (χ0n) is 8.16. The van der Waals surface area contributed by atoms with Crippen LogP contribution in [0.25, 0.3) is 0 Å². The first-order chi connectivity index (χ1) is 5.13. The summed E-state index contributed by atoms with van der Waals surface area (Å²) in [6.07, 6.45) is 0. The van der Waals surface area contributed by atoms with Gasteiger partial charge in [-0.05, 0) is 19.1 Å². The molecule has 0 aliphatic rings.